The third-order valence-corrected chi connectivity index (χ3v) is 8.07. The smallest absolute Gasteiger partial charge is 0.349 e. The normalized spacial score (nSPS) is 14.1. The minimum Gasteiger partial charge on any atom is -0.383 e. The Bertz CT molecular complexity index is 2880. The minimum atomic E-state index is -0.387. The number of nitrogens with one attached hydrogen (secondary N) is 3. The Hall–Kier alpha value is -8.51. The maximum atomic E-state index is 11.2. The first-order valence-electron chi connectivity index (χ1n) is 17.7. The Morgan fingerprint density at radius 3 is 1.90 bits per heavy atom. The molecule has 1 atom stereocenters. The molecule has 0 radical (unpaired) electrons. The first kappa shape index (κ1) is 46.9. The molecule has 1 unspecified atom stereocenters. The van der Waals surface area contributed by atoms with Crippen LogP contribution in [0.15, 0.2) is 104 Å². The zero-order valence-electron chi connectivity index (χ0n) is 34.6. The number of aliphatic imine (C=N–C) groups is 1. The van der Waals surface area contributed by atoms with Crippen LogP contribution in [0, 0.1) is 5.92 Å². The first-order chi connectivity index (χ1) is 28.6. The topological polar surface area (TPSA) is 363 Å². The van der Waals surface area contributed by atoms with Gasteiger partial charge in [0.15, 0.2) is 22.6 Å². The van der Waals surface area contributed by atoms with E-state index in [1.54, 1.807) is 68.8 Å². The lowest BCUT2D eigenvalue weighted by Gasteiger charge is -2.19. The molecule has 0 spiro atoms. The highest BCUT2D eigenvalue weighted by atomic mass is 16.2. The highest BCUT2D eigenvalue weighted by Gasteiger charge is 2.20. The van der Waals surface area contributed by atoms with Crippen molar-refractivity contribution in [2.45, 2.75) is 20.8 Å². The van der Waals surface area contributed by atoms with Crippen molar-refractivity contribution in [3.8, 4) is 0 Å². The van der Waals surface area contributed by atoms with Crippen molar-refractivity contribution < 1.29 is 9.59 Å². The van der Waals surface area contributed by atoms with Crippen LogP contribution in [0.25, 0.3) is 22.3 Å². The van der Waals surface area contributed by atoms with E-state index in [9.17, 15) is 28.8 Å². The van der Waals surface area contributed by atoms with Crippen molar-refractivity contribution in [1.29, 1.82) is 0 Å². The van der Waals surface area contributed by atoms with Crippen LogP contribution in [-0.4, -0.2) is 87.7 Å². The van der Waals surface area contributed by atoms with Gasteiger partial charge in [-0.15, -0.1) is 0 Å². The molecule has 0 fully saturated rings. The number of H-pyrrole nitrogens is 2. The molecule has 6 aromatic heterocycles. The van der Waals surface area contributed by atoms with Gasteiger partial charge in [-0.3, -0.25) is 34.5 Å². The molecule has 0 saturated carbocycles. The molecule has 0 aromatic carbocycles. The number of amidine groups is 1. The van der Waals surface area contributed by atoms with Gasteiger partial charge in [0.1, 0.15) is 29.3 Å². The second-order valence-electron chi connectivity index (χ2n) is 13.0. The number of carbonyl (C=O) groups excluding carboxylic acids is 2. The number of rotatable bonds is 0. The summed E-state index contributed by atoms with van der Waals surface area (Å²) >= 11 is 0. The lowest BCUT2D eigenvalue weighted by molar-refractivity contribution is -0.130. The van der Waals surface area contributed by atoms with Crippen molar-refractivity contribution in [2.24, 2.45) is 44.8 Å². The Morgan fingerprint density at radius 1 is 0.721 bits per heavy atom. The van der Waals surface area contributed by atoms with Crippen LogP contribution in [0.2, 0.25) is 0 Å². The van der Waals surface area contributed by atoms with Gasteiger partial charge in [-0.1, -0.05) is 19.6 Å². The van der Waals surface area contributed by atoms with Crippen LogP contribution in [-0.2, 0) is 37.8 Å². The number of hydrogen-bond donors (Lipinski definition) is 7. The summed E-state index contributed by atoms with van der Waals surface area (Å²) in [5, 5.41) is 2.23. The van der Waals surface area contributed by atoms with E-state index in [-0.39, 0.29) is 52.0 Å². The lowest BCUT2D eigenvalue weighted by Crippen LogP contribution is -2.38. The van der Waals surface area contributed by atoms with Gasteiger partial charge in [0, 0.05) is 71.0 Å². The molecule has 2 aliphatic heterocycles. The van der Waals surface area contributed by atoms with Gasteiger partial charge >= 0.3 is 11.4 Å². The van der Waals surface area contributed by atoms with Gasteiger partial charge in [0.25, 0.3) is 17.0 Å². The van der Waals surface area contributed by atoms with Crippen LogP contribution >= 0.6 is 0 Å². The summed E-state index contributed by atoms with van der Waals surface area (Å²) in [6.07, 6.45) is 11.2. The lowest BCUT2D eigenvalue weighted by atomic mass is 10.0. The largest absolute Gasteiger partial charge is 0.383 e. The summed E-state index contributed by atoms with van der Waals surface area (Å²) in [6, 6.07) is 2.86. The van der Waals surface area contributed by atoms with E-state index < -0.39 is 0 Å². The predicted octanol–water partition coefficient (Wildman–Crippen LogP) is -1.49. The number of carbonyl (C=O) groups is 2. The zero-order chi connectivity index (χ0) is 45.7. The summed E-state index contributed by atoms with van der Waals surface area (Å²) in [6.45, 7) is 9.06. The molecule has 2 amide bonds. The molecule has 6 aromatic rings. The Morgan fingerprint density at radius 2 is 1.34 bits per heavy atom. The van der Waals surface area contributed by atoms with Gasteiger partial charge in [0.05, 0.1) is 18.6 Å². The second-order valence-corrected chi connectivity index (χ2v) is 13.0. The molecule has 2 aliphatic rings. The Labute approximate surface area is 345 Å². The molecule has 0 saturated heterocycles. The van der Waals surface area contributed by atoms with Gasteiger partial charge in [0.2, 0.25) is 11.9 Å². The maximum Gasteiger partial charge on any atom is 0.349 e. The van der Waals surface area contributed by atoms with E-state index in [0.717, 1.165) is 11.2 Å². The van der Waals surface area contributed by atoms with Gasteiger partial charge in [-0.05, 0) is 19.9 Å². The molecule has 11 N–H and O–H groups in total. The first-order valence-corrected chi connectivity index (χ1v) is 17.7. The number of aryl methyl sites for hydroxylation is 4. The van der Waals surface area contributed by atoms with Crippen LogP contribution < -0.4 is 50.7 Å². The number of anilines is 3. The third-order valence-electron chi connectivity index (χ3n) is 8.07. The monoisotopic (exact) mass is 841 g/mol. The molecule has 322 valence electrons. The van der Waals surface area contributed by atoms with Crippen molar-refractivity contribution >= 4 is 57.6 Å². The molecule has 8 rings (SSSR count). The number of aromatic nitrogens is 12. The van der Waals surface area contributed by atoms with Crippen molar-refractivity contribution in [2.75, 3.05) is 24.2 Å². The fourth-order valence-electron chi connectivity index (χ4n) is 4.55. The predicted molar refractivity (Wildman–Crippen MR) is 229 cm³/mol. The molecule has 0 bridgehead atoms. The fraction of sp³-hybridized carbons (Fsp3) is 0.250. The molecule has 61 heavy (non-hydrogen) atoms. The highest BCUT2D eigenvalue weighted by Crippen LogP contribution is 2.12. The van der Waals surface area contributed by atoms with Crippen molar-refractivity contribution in [3.63, 3.8) is 0 Å². The quantitative estimate of drug-likeness (QED) is 0.0857. The van der Waals surface area contributed by atoms with Crippen LogP contribution in [0.4, 0.5) is 17.6 Å². The summed E-state index contributed by atoms with van der Waals surface area (Å²) in [5.74, 6) is 1.38. The summed E-state index contributed by atoms with van der Waals surface area (Å²) in [5.41, 5.74) is 24.1. The molecule has 0 aliphatic carbocycles. The minimum absolute atomic E-state index is 0.108. The summed E-state index contributed by atoms with van der Waals surface area (Å²) < 4.78 is 6.09. The average Bonchev–Trinajstić information content (AvgIpc) is 3.77. The maximum absolute atomic E-state index is 11.2. The van der Waals surface area contributed by atoms with E-state index in [0.29, 0.717) is 39.7 Å². The number of hydrogen-bond acceptors (Lipinski definition) is 18. The Kier molecular flexibility index (Phi) is 16.0. The number of nitrogen functional groups attached to an aromatic ring is 3. The molecule has 25 heteroatoms. The summed E-state index contributed by atoms with van der Waals surface area (Å²) in [7, 11) is 8.69. The molecular formula is C36H47N19O6. The van der Waals surface area contributed by atoms with Gasteiger partial charge in [-0.25, -0.2) is 34.5 Å². The van der Waals surface area contributed by atoms with E-state index in [2.05, 4.69) is 56.8 Å². The van der Waals surface area contributed by atoms with E-state index in [4.69, 9.17) is 22.9 Å². The second kappa shape index (κ2) is 20.8. The average molecular weight is 842 g/mol. The van der Waals surface area contributed by atoms with Crippen LogP contribution in [0.3, 0.4) is 0 Å². The highest BCUT2D eigenvalue weighted by molar-refractivity contribution is 6.07. The van der Waals surface area contributed by atoms with Crippen LogP contribution in [0.5, 0.6) is 0 Å². The number of aromatic amines is 2. The number of imide groups is 1. The van der Waals surface area contributed by atoms with E-state index in [1.807, 2.05) is 32.1 Å². The molecule has 25 nitrogen and oxygen atoms in total. The van der Waals surface area contributed by atoms with E-state index in [1.165, 1.54) is 34.1 Å². The number of imidazole rings is 2. The fourth-order valence-corrected chi connectivity index (χ4v) is 4.55. The van der Waals surface area contributed by atoms with Gasteiger partial charge < -0.3 is 46.1 Å². The standard InChI is InChI=1S/C7H11N3.C7H9NO2.C6H7N5O.C6H7N5.C5H7N3O.C5H6N2O2/c1-5-4-10(3)6(2)9-7(5)8;1-4-3-5(2)7(10)8-6(4)9;1-11-2-8-3-4(11)9-6(7)10-5(3)12;1-11-3-10-4-5(7)8-2-9-6(4)11;1-8-3-2-4(6)7-5(8)9;1-7-3-2-4(8)6-5(7)9/h4H,2H2,1,3H3,(H2,8,9);3-4H,1-2H3,(H,8,9,10);2H,1H3,(H3,7,9,10,12);2-3H,1H3,(H2,7,8,9);2-3H,1H3,(H2,6,7,9);2-3H,1H3,(H,6,8,9). The SMILES string of the molecule is C=C1N=C(N)C(C)=CN1C.CC1=CC(C)C(=O)NC1=O.Cn1ccc(=O)[nH]c1=O.Cn1ccc(N)nc1=O.Cn1cnc2c(=O)[nH]c(N)nc21.Cn1cnc2c(N)ncnc21. The molecular weight excluding hydrogens is 795 g/mol. The van der Waals surface area contributed by atoms with Crippen molar-refractivity contribution in [1.82, 2.24) is 68.4 Å². The number of amides is 2. The number of fused-ring (bicyclic) bond motifs is 2. The van der Waals surface area contributed by atoms with E-state index >= 15 is 0 Å². The van der Waals surface area contributed by atoms with Gasteiger partial charge in [-0.2, -0.15) is 9.97 Å². The Balaban J connectivity index is 0.000000196. The van der Waals surface area contributed by atoms with Crippen molar-refractivity contribution in [3.05, 3.63) is 121 Å². The van der Waals surface area contributed by atoms with Crippen LogP contribution in [0.1, 0.15) is 20.8 Å². The third kappa shape index (κ3) is 13.3. The molecule has 8 heterocycles. The number of nitrogens with two attached hydrogens (primary N) is 4. The summed E-state index contributed by atoms with van der Waals surface area (Å²) in [4.78, 5) is 97.6. The number of nitrogens with zero attached hydrogens (tertiary/aromatic N) is 12. The zero-order valence-corrected chi connectivity index (χ0v) is 34.6.